The van der Waals surface area contributed by atoms with Crippen LogP contribution in [0.3, 0.4) is 0 Å². The fourth-order valence-electron chi connectivity index (χ4n) is 4.11. The second-order valence-electron chi connectivity index (χ2n) is 8.13. The maximum atomic E-state index is 13.3. The van der Waals surface area contributed by atoms with Crippen LogP contribution in [0.25, 0.3) is 0 Å². The van der Waals surface area contributed by atoms with Crippen LogP contribution < -0.4 is 14.4 Å². The molecule has 1 N–H and O–H groups in total. The molecular formula is C27H22N2O7. The predicted molar refractivity (Wildman–Crippen MR) is 128 cm³/mol. The first-order valence-corrected chi connectivity index (χ1v) is 11.1. The molecule has 0 unspecified atom stereocenters. The van der Waals surface area contributed by atoms with Crippen LogP contribution in [0.15, 0.2) is 93.3 Å². The van der Waals surface area contributed by atoms with Crippen molar-refractivity contribution in [2.45, 2.75) is 19.6 Å². The first-order chi connectivity index (χ1) is 17.5. The number of carbonyl (C=O) groups excluding carboxylic acids is 2. The van der Waals surface area contributed by atoms with Crippen molar-refractivity contribution in [3.8, 4) is 11.5 Å². The summed E-state index contributed by atoms with van der Waals surface area (Å²) in [4.78, 5) is 27.7. The van der Waals surface area contributed by atoms with Crippen molar-refractivity contribution in [3.05, 3.63) is 107 Å². The summed E-state index contributed by atoms with van der Waals surface area (Å²) in [5.74, 6) is -0.626. The molecular weight excluding hydrogens is 464 g/mol. The molecule has 0 saturated carbocycles. The first kappa shape index (κ1) is 23.0. The lowest BCUT2D eigenvalue weighted by Gasteiger charge is -2.25. The molecule has 4 aromatic rings. The van der Waals surface area contributed by atoms with E-state index in [1.54, 1.807) is 37.3 Å². The highest BCUT2D eigenvalue weighted by molar-refractivity contribution is 6.19. The van der Waals surface area contributed by atoms with Gasteiger partial charge in [0.1, 0.15) is 12.4 Å². The molecule has 0 bridgehead atoms. The Labute approximate surface area is 206 Å². The quantitative estimate of drug-likeness (QED) is 0.348. The topological polar surface area (TPSA) is 115 Å². The largest absolute Gasteiger partial charge is 0.503 e. The van der Waals surface area contributed by atoms with Gasteiger partial charge in [0, 0.05) is 6.07 Å². The Morgan fingerprint density at radius 2 is 1.89 bits per heavy atom. The van der Waals surface area contributed by atoms with E-state index in [1.807, 2.05) is 30.3 Å². The van der Waals surface area contributed by atoms with Gasteiger partial charge < -0.3 is 23.5 Å². The minimum absolute atomic E-state index is 0.0117. The number of nitrogens with zero attached hydrogens (tertiary/aromatic N) is 2. The van der Waals surface area contributed by atoms with Crippen LogP contribution in [-0.2, 0) is 11.4 Å². The Balaban J connectivity index is 1.56. The smallest absolute Gasteiger partial charge is 0.295 e. The number of aromatic nitrogens is 1. The zero-order valence-electron chi connectivity index (χ0n) is 19.5. The molecule has 1 aliphatic heterocycles. The summed E-state index contributed by atoms with van der Waals surface area (Å²) in [5, 5.41) is 14.7. The number of benzene rings is 2. The van der Waals surface area contributed by atoms with Gasteiger partial charge in [-0.15, -0.1) is 0 Å². The van der Waals surface area contributed by atoms with Gasteiger partial charge in [-0.2, -0.15) is 0 Å². The molecule has 2 aromatic heterocycles. The van der Waals surface area contributed by atoms with Crippen molar-refractivity contribution >= 4 is 17.5 Å². The molecule has 2 aromatic carbocycles. The highest BCUT2D eigenvalue weighted by Gasteiger charge is 2.46. The lowest BCUT2D eigenvalue weighted by Crippen LogP contribution is -2.31. The van der Waals surface area contributed by atoms with Crippen molar-refractivity contribution in [1.82, 2.24) is 5.16 Å². The van der Waals surface area contributed by atoms with Gasteiger partial charge in [0.05, 0.1) is 25.0 Å². The summed E-state index contributed by atoms with van der Waals surface area (Å²) in [5.41, 5.74) is 1.33. The van der Waals surface area contributed by atoms with E-state index in [2.05, 4.69) is 5.16 Å². The summed E-state index contributed by atoms with van der Waals surface area (Å²) in [7, 11) is 1.50. The Morgan fingerprint density at radius 1 is 1.08 bits per heavy atom. The summed E-state index contributed by atoms with van der Waals surface area (Å²) in [6.07, 6.45) is 1.34. The molecule has 9 heteroatoms. The zero-order valence-corrected chi connectivity index (χ0v) is 19.5. The van der Waals surface area contributed by atoms with E-state index in [0.717, 1.165) is 5.56 Å². The number of amides is 1. The molecule has 0 spiro atoms. The van der Waals surface area contributed by atoms with E-state index in [0.29, 0.717) is 29.4 Å². The van der Waals surface area contributed by atoms with E-state index < -0.39 is 23.5 Å². The number of hydrogen-bond donors (Lipinski definition) is 1. The molecule has 0 fully saturated rings. The predicted octanol–water partition coefficient (Wildman–Crippen LogP) is 4.95. The van der Waals surface area contributed by atoms with Gasteiger partial charge in [0.2, 0.25) is 5.78 Å². The monoisotopic (exact) mass is 486 g/mol. The van der Waals surface area contributed by atoms with Crippen LogP contribution in [0.5, 0.6) is 11.5 Å². The molecule has 0 radical (unpaired) electrons. The molecule has 1 atom stereocenters. The average molecular weight is 486 g/mol. The van der Waals surface area contributed by atoms with Crippen molar-refractivity contribution in [1.29, 1.82) is 0 Å². The molecule has 1 amide bonds. The van der Waals surface area contributed by atoms with Crippen LogP contribution >= 0.6 is 0 Å². The maximum absolute atomic E-state index is 13.3. The number of Topliss-reactive ketones (excluding diaryl/α,β-unsaturated/α-hetero) is 1. The van der Waals surface area contributed by atoms with Gasteiger partial charge in [0.25, 0.3) is 5.91 Å². The number of rotatable bonds is 8. The van der Waals surface area contributed by atoms with Gasteiger partial charge >= 0.3 is 0 Å². The number of hydrogen-bond acceptors (Lipinski definition) is 8. The second kappa shape index (κ2) is 9.46. The van der Waals surface area contributed by atoms with E-state index in [9.17, 15) is 14.7 Å². The minimum atomic E-state index is -1.02. The lowest BCUT2D eigenvalue weighted by molar-refractivity contribution is -0.117. The average Bonchev–Trinajstić information content (AvgIpc) is 3.64. The molecule has 3 heterocycles. The van der Waals surface area contributed by atoms with Crippen molar-refractivity contribution in [2.24, 2.45) is 0 Å². The number of carbonyl (C=O) groups is 2. The molecule has 5 rings (SSSR count). The van der Waals surface area contributed by atoms with Crippen LogP contribution in [0, 0.1) is 6.92 Å². The third-order valence-electron chi connectivity index (χ3n) is 5.80. The fourth-order valence-corrected chi connectivity index (χ4v) is 4.11. The second-order valence-corrected chi connectivity index (χ2v) is 8.13. The Hall–Kier alpha value is -4.79. The van der Waals surface area contributed by atoms with Gasteiger partial charge in [-0.25, -0.2) is 0 Å². The molecule has 182 valence electrons. The zero-order chi connectivity index (χ0) is 25.2. The normalized spacial score (nSPS) is 15.4. The molecule has 1 aliphatic rings. The lowest BCUT2D eigenvalue weighted by atomic mass is 9.94. The molecule has 0 saturated heterocycles. The number of ether oxygens (including phenoxy) is 2. The standard InChI is InChI=1S/C27H22N2O7/c1-16-13-22(28-36-16)29-24(23(26(31)27(29)32)25(30)20-9-6-12-34-20)18-10-11-19(21(14-18)33-2)35-15-17-7-4-3-5-8-17/h3-14,24,31H,15H2,1-2H3/t24-/m0/s1. The van der Waals surface area contributed by atoms with Gasteiger partial charge in [-0.05, 0) is 42.3 Å². The summed E-state index contributed by atoms with van der Waals surface area (Å²) in [6.45, 7) is 2.00. The SMILES string of the molecule is COc1cc([C@H]2C(C(=O)c3ccco3)=C(O)C(=O)N2c2cc(C)on2)ccc1OCc1ccccc1. The fraction of sp³-hybridized carbons (Fsp3) is 0.148. The summed E-state index contributed by atoms with van der Waals surface area (Å²) < 4.78 is 21.9. The Bertz CT molecular complexity index is 1440. The number of furan rings is 1. The summed E-state index contributed by atoms with van der Waals surface area (Å²) >= 11 is 0. The first-order valence-electron chi connectivity index (χ1n) is 11.1. The van der Waals surface area contributed by atoms with Crippen LogP contribution in [0.1, 0.15) is 33.5 Å². The minimum Gasteiger partial charge on any atom is -0.503 e. The van der Waals surface area contributed by atoms with Crippen molar-refractivity contribution in [2.75, 3.05) is 12.0 Å². The van der Waals surface area contributed by atoms with E-state index in [-0.39, 0.29) is 17.2 Å². The van der Waals surface area contributed by atoms with Gasteiger partial charge in [0.15, 0.2) is 28.8 Å². The number of methoxy groups -OCH3 is 1. The van der Waals surface area contributed by atoms with E-state index >= 15 is 0 Å². The Kier molecular flexibility index (Phi) is 6.03. The van der Waals surface area contributed by atoms with Crippen molar-refractivity contribution in [3.63, 3.8) is 0 Å². The van der Waals surface area contributed by atoms with Crippen LogP contribution in [0.4, 0.5) is 5.82 Å². The van der Waals surface area contributed by atoms with E-state index in [1.165, 1.54) is 24.3 Å². The van der Waals surface area contributed by atoms with Gasteiger partial charge in [-0.3, -0.25) is 14.5 Å². The maximum Gasteiger partial charge on any atom is 0.295 e. The van der Waals surface area contributed by atoms with Crippen molar-refractivity contribution < 1.29 is 33.1 Å². The summed E-state index contributed by atoms with van der Waals surface area (Å²) in [6, 6.07) is 18.3. The van der Waals surface area contributed by atoms with Gasteiger partial charge in [-0.1, -0.05) is 41.6 Å². The highest BCUT2D eigenvalue weighted by Crippen LogP contribution is 2.43. The number of aryl methyl sites for hydroxylation is 1. The third-order valence-corrected chi connectivity index (χ3v) is 5.80. The number of anilines is 1. The third kappa shape index (κ3) is 4.11. The number of aliphatic hydroxyl groups excluding tert-OH is 1. The highest BCUT2D eigenvalue weighted by atomic mass is 16.5. The van der Waals surface area contributed by atoms with E-state index in [4.69, 9.17) is 18.4 Å². The molecule has 9 nitrogen and oxygen atoms in total. The Morgan fingerprint density at radius 3 is 2.56 bits per heavy atom. The molecule has 36 heavy (non-hydrogen) atoms. The van der Waals surface area contributed by atoms with Crippen LogP contribution in [0.2, 0.25) is 0 Å². The number of ketones is 1. The molecule has 0 aliphatic carbocycles. The van der Waals surface area contributed by atoms with Crippen LogP contribution in [-0.4, -0.2) is 29.1 Å². The number of aliphatic hydroxyl groups is 1.